The molecule has 4 aromatic rings. The third-order valence-corrected chi connectivity index (χ3v) is 13.6. The first-order valence-electron chi connectivity index (χ1n) is 22.4. The number of aryl methyl sites for hydroxylation is 4. The lowest BCUT2D eigenvalue weighted by atomic mass is 9.90. The van der Waals surface area contributed by atoms with Gasteiger partial charge in [-0.15, -0.1) is 0 Å². The van der Waals surface area contributed by atoms with Gasteiger partial charge in [0.1, 0.15) is 11.6 Å². The van der Waals surface area contributed by atoms with Gasteiger partial charge >= 0.3 is 0 Å². The number of benzene rings is 2. The molecule has 0 spiro atoms. The molecule has 0 radical (unpaired) electrons. The van der Waals surface area contributed by atoms with Crippen LogP contribution in [0.2, 0.25) is 10.0 Å². The Hall–Kier alpha value is -3.63. The van der Waals surface area contributed by atoms with Crippen LogP contribution >= 0.6 is 35.4 Å². The number of fused-ring (bicyclic) bond motifs is 1. The SMILES string of the molecule is CCCC(CCC)N1CCC(NC)c2c1cc(C)nc2Nc1ccc(C)cc1Cl.CCCC(CCC)N1CCC2c3c1cc(C)nc3N(c1ccc(C)cc1Cl)C(=S)N2C. The van der Waals surface area contributed by atoms with Crippen LogP contribution in [0.5, 0.6) is 0 Å². The Morgan fingerprint density at radius 2 is 1.23 bits per heavy atom. The van der Waals surface area contributed by atoms with Gasteiger partial charge in [-0.1, -0.05) is 88.7 Å². The van der Waals surface area contributed by atoms with Crippen molar-refractivity contribution >= 4 is 74.9 Å². The summed E-state index contributed by atoms with van der Waals surface area (Å²) < 4.78 is 0. The largest absolute Gasteiger partial charge is 0.368 e. The fourth-order valence-corrected chi connectivity index (χ4v) is 10.6. The van der Waals surface area contributed by atoms with E-state index in [1.54, 1.807) is 0 Å². The molecular formula is C49H68Cl2N8S. The highest BCUT2D eigenvalue weighted by Gasteiger charge is 2.42. The van der Waals surface area contributed by atoms with Crippen LogP contribution in [-0.2, 0) is 0 Å². The van der Waals surface area contributed by atoms with Crippen LogP contribution in [-0.4, -0.2) is 59.2 Å². The van der Waals surface area contributed by atoms with Crippen molar-refractivity contribution in [2.24, 2.45) is 0 Å². The van der Waals surface area contributed by atoms with Gasteiger partial charge in [-0.25, -0.2) is 9.97 Å². The number of rotatable bonds is 14. The van der Waals surface area contributed by atoms with Gasteiger partial charge in [-0.05, 0) is 133 Å². The highest BCUT2D eigenvalue weighted by Crippen LogP contribution is 2.50. The van der Waals surface area contributed by atoms with Crippen molar-refractivity contribution in [3.63, 3.8) is 0 Å². The highest BCUT2D eigenvalue weighted by molar-refractivity contribution is 7.80. The van der Waals surface area contributed by atoms with E-state index in [9.17, 15) is 0 Å². The lowest BCUT2D eigenvalue weighted by molar-refractivity contribution is 0.327. The number of halogens is 2. The van der Waals surface area contributed by atoms with Crippen LogP contribution in [0.3, 0.4) is 0 Å². The first kappa shape index (κ1) is 45.9. The molecule has 324 valence electrons. The van der Waals surface area contributed by atoms with E-state index in [1.165, 1.54) is 73.9 Å². The molecule has 0 fully saturated rings. The molecule has 0 saturated heterocycles. The smallest absolute Gasteiger partial charge is 0.182 e. The van der Waals surface area contributed by atoms with Gasteiger partial charge in [0, 0.05) is 72.2 Å². The van der Waals surface area contributed by atoms with E-state index < -0.39 is 0 Å². The van der Waals surface area contributed by atoms with E-state index in [0.29, 0.717) is 17.1 Å². The fraction of sp³-hybridized carbons (Fsp3) is 0.531. The molecular weight excluding hydrogens is 804 g/mol. The first-order chi connectivity index (χ1) is 28.8. The van der Waals surface area contributed by atoms with Gasteiger partial charge in [0.15, 0.2) is 5.11 Å². The van der Waals surface area contributed by atoms with Crippen molar-refractivity contribution in [1.82, 2.24) is 20.2 Å². The number of hydrogen-bond donors (Lipinski definition) is 2. The summed E-state index contributed by atoms with van der Waals surface area (Å²) >= 11 is 19.2. The van der Waals surface area contributed by atoms with Crippen molar-refractivity contribution in [3.05, 3.63) is 92.2 Å². The van der Waals surface area contributed by atoms with Crippen LogP contribution in [0.1, 0.15) is 138 Å². The average molecular weight is 872 g/mol. The van der Waals surface area contributed by atoms with Gasteiger partial charge in [-0.3, -0.25) is 4.90 Å². The number of nitrogens with zero attached hydrogens (tertiary/aromatic N) is 6. The second-order valence-corrected chi connectivity index (χ2v) is 18.3. The molecule has 5 heterocycles. The minimum absolute atomic E-state index is 0.256. The van der Waals surface area contributed by atoms with E-state index in [0.717, 1.165) is 81.6 Å². The number of pyridine rings is 2. The van der Waals surface area contributed by atoms with Gasteiger partial charge in [-0.2, -0.15) is 0 Å². The zero-order valence-corrected chi connectivity index (χ0v) is 40.1. The van der Waals surface area contributed by atoms with Crippen molar-refractivity contribution in [3.8, 4) is 0 Å². The number of aromatic nitrogens is 2. The van der Waals surface area contributed by atoms with E-state index in [-0.39, 0.29) is 12.1 Å². The molecule has 0 amide bonds. The predicted molar refractivity (Wildman–Crippen MR) is 262 cm³/mol. The lowest BCUT2D eigenvalue weighted by Gasteiger charge is -2.49. The molecule has 3 aliphatic heterocycles. The van der Waals surface area contributed by atoms with Crippen LogP contribution < -0.4 is 25.3 Å². The molecule has 60 heavy (non-hydrogen) atoms. The zero-order chi connectivity index (χ0) is 43.2. The van der Waals surface area contributed by atoms with Gasteiger partial charge in [0.05, 0.1) is 27.5 Å². The van der Waals surface area contributed by atoms with E-state index in [1.807, 2.05) is 25.2 Å². The molecule has 7 rings (SSSR count). The van der Waals surface area contributed by atoms with Gasteiger partial charge < -0.3 is 25.3 Å². The summed E-state index contributed by atoms with van der Waals surface area (Å²) in [6, 6.07) is 18.5. The number of anilines is 6. The standard InChI is InChI=1S/C25H33ClN4S.C24H35ClN4/c1-6-8-18(9-7-2)29-13-12-21-23-22(29)15-17(4)27-24(23)30(25(31)28(21)5)20-11-10-16(3)14-19(20)26;1-6-8-18(9-7-2)29-13-12-21(26-5)23-22(29)15-17(4)27-24(23)28-20-11-10-16(3)14-19(20)25/h10-11,14-15,18,21H,6-9,12-13H2,1-5H3;10-11,14-15,18,21,26H,6-9,12-13H2,1-5H3,(H,27,28). The Bertz CT molecular complexity index is 2110. The molecule has 8 nitrogen and oxygen atoms in total. The zero-order valence-electron chi connectivity index (χ0n) is 37.8. The predicted octanol–water partition coefficient (Wildman–Crippen LogP) is 13.5. The number of nitrogens with one attached hydrogen (secondary N) is 2. The molecule has 2 unspecified atom stereocenters. The van der Waals surface area contributed by atoms with Crippen LogP contribution in [0.4, 0.5) is 34.4 Å². The summed E-state index contributed by atoms with van der Waals surface area (Å²) in [5.74, 6) is 1.87. The second-order valence-electron chi connectivity index (χ2n) is 17.1. The molecule has 0 saturated carbocycles. The summed E-state index contributed by atoms with van der Waals surface area (Å²) in [6.07, 6.45) is 11.8. The average Bonchev–Trinajstić information content (AvgIpc) is 3.21. The van der Waals surface area contributed by atoms with Crippen LogP contribution in [0.15, 0.2) is 48.5 Å². The fourth-order valence-electron chi connectivity index (χ4n) is 9.70. The van der Waals surface area contributed by atoms with E-state index >= 15 is 0 Å². The Labute approximate surface area is 376 Å². The van der Waals surface area contributed by atoms with Crippen molar-refractivity contribution in [2.45, 2.75) is 144 Å². The summed E-state index contributed by atoms with van der Waals surface area (Å²) in [5.41, 5.74) is 11.3. The van der Waals surface area contributed by atoms with E-state index in [4.69, 9.17) is 45.4 Å². The Balaban J connectivity index is 0.000000202. The highest BCUT2D eigenvalue weighted by atomic mass is 35.5. The van der Waals surface area contributed by atoms with Crippen molar-refractivity contribution in [2.75, 3.05) is 47.2 Å². The minimum atomic E-state index is 0.256. The monoisotopic (exact) mass is 870 g/mol. The quantitative estimate of drug-likeness (QED) is 0.121. The maximum atomic E-state index is 6.71. The third-order valence-electron chi connectivity index (χ3n) is 12.5. The number of thiocarbonyl (C=S) groups is 1. The number of hydrogen-bond acceptors (Lipinski definition) is 7. The van der Waals surface area contributed by atoms with Crippen molar-refractivity contribution in [1.29, 1.82) is 0 Å². The molecule has 11 heteroatoms. The van der Waals surface area contributed by atoms with Crippen LogP contribution in [0, 0.1) is 27.7 Å². The summed E-state index contributed by atoms with van der Waals surface area (Å²) in [6.45, 7) is 19.6. The first-order valence-corrected chi connectivity index (χ1v) is 23.6. The van der Waals surface area contributed by atoms with Crippen molar-refractivity contribution < 1.29 is 0 Å². The van der Waals surface area contributed by atoms with Gasteiger partial charge in [0.2, 0.25) is 0 Å². The molecule has 2 aromatic heterocycles. The summed E-state index contributed by atoms with van der Waals surface area (Å²) in [7, 11) is 4.15. The molecule has 3 aliphatic rings. The van der Waals surface area contributed by atoms with E-state index in [2.05, 4.69) is 123 Å². The third kappa shape index (κ3) is 9.70. The molecule has 0 aliphatic carbocycles. The molecule has 2 aromatic carbocycles. The Morgan fingerprint density at radius 1 is 0.700 bits per heavy atom. The Kier molecular flexibility index (Phi) is 15.7. The molecule has 0 bridgehead atoms. The lowest BCUT2D eigenvalue weighted by Crippen LogP contribution is -2.50. The minimum Gasteiger partial charge on any atom is -0.368 e. The maximum absolute atomic E-state index is 6.71. The summed E-state index contributed by atoms with van der Waals surface area (Å²) in [4.78, 5) is 19.5. The maximum Gasteiger partial charge on any atom is 0.182 e. The topological polar surface area (TPSA) is 62.8 Å². The second kappa shape index (κ2) is 20.5. The molecule has 2 N–H and O–H groups in total. The molecule has 2 atom stereocenters. The summed E-state index contributed by atoms with van der Waals surface area (Å²) in [5, 5.41) is 9.25. The van der Waals surface area contributed by atoms with Crippen LogP contribution in [0.25, 0.3) is 0 Å². The Morgan fingerprint density at radius 3 is 1.78 bits per heavy atom. The normalized spacial score (nSPS) is 17.2. The van der Waals surface area contributed by atoms with Gasteiger partial charge in [0.25, 0.3) is 0 Å².